The van der Waals surface area contributed by atoms with Crippen molar-refractivity contribution in [2.24, 2.45) is 0 Å². The van der Waals surface area contributed by atoms with E-state index in [-0.39, 0.29) is 17.5 Å². The van der Waals surface area contributed by atoms with Crippen LogP contribution in [0.2, 0.25) is 0 Å². The minimum absolute atomic E-state index is 0.0707. The highest BCUT2D eigenvalue weighted by atomic mass is 16.6. The molecular weight excluding hydrogens is 384 g/mol. The average Bonchev–Trinajstić information content (AvgIpc) is 3.20. The summed E-state index contributed by atoms with van der Waals surface area (Å²) in [6, 6.07) is 5.80. The van der Waals surface area contributed by atoms with Crippen molar-refractivity contribution in [1.29, 1.82) is 0 Å². The molecule has 0 amide bonds. The number of ether oxygens (including phenoxy) is 4. The molecule has 0 radical (unpaired) electrons. The molecule has 1 aromatic carbocycles. The highest BCUT2D eigenvalue weighted by Gasteiger charge is 2.28. The average molecular weight is 412 g/mol. The molecule has 1 fully saturated rings. The van der Waals surface area contributed by atoms with Crippen LogP contribution in [-0.4, -0.2) is 27.9 Å². The van der Waals surface area contributed by atoms with Crippen LogP contribution in [0.5, 0.6) is 17.4 Å². The molecule has 1 aliphatic heterocycles. The number of allylic oxidation sites excluding steroid dienone is 2. The zero-order chi connectivity index (χ0) is 21.8. The van der Waals surface area contributed by atoms with Gasteiger partial charge in [-0.05, 0) is 44.0 Å². The molecule has 1 saturated heterocycles. The zero-order valence-corrected chi connectivity index (χ0v) is 18.3. The van der Waals surface area contributed by atoms with Crippen molar-refractivity contribution in [3.8, 4) is 17.4 Å². The van der Waals surface area contributed by atoms with E-state index < -0.39 is 0 Å². The number of hydrogen-bond acceptors (Lipinski definition) is 6. The molecular formula is C24H28O6. The van der Waals surface area contributed by atoms with Crippen LogP contribution in [-0.2, 0) is 4.74 Å². The van der Waals surface area contributed by atoms with E-state index >= 15 is 0 Å². The Morgan fingerprint density at radius 1 is 1.07 bits per heavy atom. The van der Waals surface area contributed by atoms with Gasteiger partial charge in [-0.3, -0.25) is 4.79 Å². The molecule has 6 heteroatoms. The van der Waals surface area contributed by atoms with E-state index in [2.05, 4.69) is 12.2 Å². The maximum atomic E-state index is 12.4. The first-order valence-corrected chi connectivity index (χ1v) is 9.77. The molecule has 1 aliphatic rings. The second-order valence-electron chi connectivity index (χ2n) is 7.35. The van der Waals surface area contributed by atoms with E-state index in [9.17, 15) is 4.79 Å². The molecule has 0 spiro atoms. The standard InChI is InChI=1S/C24H28O6/c1-14(9-17-7-8-19(26-4)20(11-17)27-5)10-18-12-21(29-13-18)23-15(2)22(25)16(3)24(28-6)30-23/h7-11,21H,12-13H2,1-6H3/b14-9+,18-10-/t21-/m1/s1. The monoisotopic (exact) mass is 412 g/mol. The van der Waals surface area contributed by atoms with Crippen molar-refractivity contribution >= 4 is 6.08 Å². The third-order valence-corrected chi connectivity index (χ3v) is 5.19. The minimum atomic E-state index is -0.299. The van der Waals surface area contributed by atoms with Crippen LogP contribution < -0.4 is 19.6 Å². The van der Waals surface area contributed by atoms with Crippen LogP contribution in [0.15, 0.2) is 44.6 Å². The summed E-state index contributed by atoms with van der Waals surface area (Å²) in [6.07, 6.45) is 4.54. The number of benzene rings is 1. The largest absolute Gasteiger partial charge is 0.493 e. The van der Waals surface area contributed by atoms with Gasteiger partial charge in [0.05, 0.1) is 33.5 Å². The first kappa shape index (κ1) is 21.7. The Bertz CT molecular complexity index is 1040. The quantitative estimate of drug-likeness (QED) is 0.681. The van der Waals surface area contributed by atoms with Gasteiger partial charge in [-0.2, -0.15) is 0 Å². The lowest BCUT2D eigenvalue weighted by Crippen LogP contribution is -2.15. The van der Waals surface area contributed by atoms with Crippen LogP contribution in [0.4, 0.5) is 0 Å². The van der Waals surface area contributed by atoms with Gasteiger partial charge in [-0.15, -0.1) is 0 Å². The second-order valence-corrected chi connectivity index (χ2v) is 7.35. The Morgan fingerprint density at radius 2 is 1.80 bits per heavy atom. The van der Waals surface area contributed by atoms with E-state index in [1.807, 2.05) is 25.1 Å². The third-order valence-electron chi connectivity index (χ3n) is 5.19. The normalized spacial score (nSPS) is 18.0. The fraction of sp³-hybridized carbons (Fsp3) is 0.375. The summed E-state index contributed by atoms with van der Waals surface area (Å²) in [5.74, 6) is 2.16. The molecule has 0 aliphatic carbocycles. The highest BCUT2D eigenvalue weighted by molar-refractivity contribution is 5.60. The van der Waals surface area contributed by atoms with Gasteiger partial charge < -0.3 is 23.4 Å². The maximum absolute atomic E-state index is 12.4. The Balaban J connectivity index is 1.81. The van der Waals surface area contributed by atoms with Crippen LogP contribution in [0, 0.1) is 13.8 Å². The molecule has 30 heavy (non-hydrogen) atoms. The summed E-state index contributed by atoms with van der Waals surface area (Å²) in [5, 5.41) is 0. The Morgan fingerprint density at radius 3 is 2.47 bits per heavy atom. The molecule has 2 aromatic rings. The predicted octanol–water partition coefficient (Wildman–Crippen LogP) is 4.77. The molecule has 1 atom stereocenters. The van der Waals surface area contributed by atoms with E-state index in [0.29, 0.717) is 41.4 Å². The summed E-state index contributed by atoms with van der Waals surface area (Å²) in [5.41, 5.74) is 4.21. The molecule has 1 aromatic heterocycles. The SMILES string of the molecule is COc1ccc(/C=C(C)/C=C2\CO[C@@H](c3oc(OC)c(C)c(=O)c3C)C2)cc1OC. The van der Waals surface area contributed by atoms with Crippen LogP contribution in [0.25, 0.3) is 6.08 Å². The van der Waals surface area contributed by atoms with Gasteiger partial charge in [0.25, 0.3) is 5.95 Å². The summed E-state index contributed by atoms with van der Waals surface area (Å²) in [4.78, 5) is 12.4. The lowest BCUT2D eigenvalue weighted by atomic mass is 10.0. The Labute approximate surface area is 176 Å². The Hall–Kier alpha value is -2.99. The van der Waals surface area contributed by atoms with Gasteiger partial charge in [-0.1, -0.05) is 23.8 Å². The fourth-order valence-electron chi connectivity index (χ4n) is 3.64. The molecule has 0 unspecified atom stereocenters. The van der Waals surface area contributed by atoms with Gasteiger partial charge in [0.1, 0.15) is 11.9 Å². The first-order valence-electron chi connectivity index (χ1n) is 9.77. The van der Waals surface area contributed by atoms with Gasteiger partial charge in [0.2, 0.25) is 0 Å². The minimum Gasteiger partial charge on any atom is -0.493 e. The zero-order valence-electron chi connectivity index (χ0n) is 18.3. The molecule has 0 saturated carbocycles. The third kappa shape index (κ3) is 4.44. The number of hydrogen-bond donors (Lipinski definition) is 0. The van der Waals surface area contributed by atoms with Crippen molar-refractivity contribution in [3.05, 3.63) is 68.1 Å². The van der Waals surface area contributed by atoms with Crippen molar-refractivity contribution in [1.82, 2.24) is 0 Å². The van der Waals surface area contributed by atoms with Crippen LogP contribution >= 0.6 is 0 Å². The topological polar surface area (TPSA) is 67.1 Å². The van der Waals surface area contributed by atoms with Crippen molar-refractivity contribution in [2.45, 2.75) is 33.3 Å². The lowest BCUT2D eigenvalue weighted by molar-refractivity contribution is 0.0880. The fourth-order valence-corrected chi connectivity index (χ4v) is 3.64. The summed E-state index contributed by atoms with van der Waals surface area (Å²) in [7, 11) is 4.73. The van der Waals surface area contributed by atoms with Gasteiger partial charge in [0.15, 0.2) is 16.9 Å². The van der Waals surface area contributed by atoms with E-state index in [4.69, 9.17) is 23.4 Å². The van der Waals surface area contributed by atoms with E-state index in [0.717, 1.165) is 16.7 Å². The van der Waals surface area contributed by atoms with Gasteiger partial charge in [-0.25, -0.2) is 0 Å². The summed E-state index contributed by atoms with van der Waals surface area (Å²) in [6.45, 7) is 5.99. The predicted molar refractivity (Wildman–Crippen MR) is 116 cm³/mol. The molecule has 2 heterocycles. The Kier molecular flexibility index (Phi) is 6.67. The van der Waals surface area contributed by atoms with Crippen molar-refractivity contribution in [3.63, 3.8) is 0 Å². The van der Waals surface area contributed by atoms with Gasteiger partial charge >= 0.3 is 0 Å². The molecule has 0 bridgehead atoms. The van der Waals surface area contributed by atoms with E-state index in [1.165, 1.54) is 7.11 Å². The van der Waals surface area contributed by atoms with Gasteiger partial charge in [0, 0.05) is 12.0 Å². The summed E-state index contributed by atoms with van der Waals surface area (Å²) >= 11 is 0. The number of methoxy groups -OCH3 is 3. The first-order chi connectivity index (χ1) is 14.4. The van der Waals surface area contributed by atoms with Crippen LogP contribution in [0.1, 0.15) is 41.9 Å². The molecule has 6 nitrogen and oxygen atoms in total. The van der Waals surface area contributed by atoms with Crippen molar-refractivity contribution in [2.75, 3.05) is 27.9 Å². The summed E-state index contributed by atoms with van der Waals surface area (Å²) < 4.78 is 27.6. The molecule has 0 N–H and O–H groups in total. The maximum Gasteiger partial charge on any atom is 0.291 e. The lowest BCUT2D eigenvalue weighted by Gasteiger charge is -2.13. The van der Waals surface area contributed by atoms with Crippen LogP contribution in [0.3, 0.4) is 0 Å². The molecule has 3 rings (SSSR count). The highest BCUT2D eigenvalue weighted by Crippen LogP contribution is 2.36. The van der Waals surface area contributed by atoms with E-state index in [1.54, 1.807) is 28.1 Å². The number of rotatable bonds is 6. The smallest absolute Gasteiger partial charge is 0.291 e. The molecule has 160 valence electrons. The van der Waals surface area contributed by atoms with Crippen molar-refractivity contribution < 1.29 is 23.4 Å². The second kappa shape index (κ2) is 9.22.